The maximum atomic E-state index is 13.5. The van der Waals surface area contributed by atoms with Crippen LogP contribution in [0.5, 0.6) is 0 Å². The van der Waals surface area contributed by atoms with Crippen molar-refractivity contribution >= 4 is 11.6 Å². The summed E-state index contributed by atoms with van der Waals surface area (Å²) < 4.78 is 13.5. The van der Waals surface area contributed by atoms with E-state index in [2.05, 4.69) is 10.7 Å². The van der Waals surface area contributed by atoms with Crippen LogP contribution in [0.15, 0.2) is 18.2 Å². The van der Waals surface area contributed by atoms with E-state index in [1.54, 1.807) is 0 Å². The van der Waals surface area contributed by atoms with Crippen LogP contribution in [0.25, 0.3) is 0 Å². The fourth-order valence-corrected chi connectivity index (χ4v) is 2.34. The summed E-state index contributed by atoms with van der Waals surface area (Å²) in [5.41, 5.74) is 2.40. The highest BCUT2D eigenvalue weighted by Crippen LogP contribution is 2.21. The van der Waals surface area contributed by atoms with E-state index < -0.39 is 5.82 Å². The van der Waals surface area contributed by atoms with E-state index in [0.29, 0.717) is 12.8 Å². The highest BCUT2D eigenvalue weighted by molar-refractivity contribution is 5.99. The van der Waals surface area contributed by atoms with Gasteiger partial charge in [-0.2, -0.15) is 0 Å². The van der Waals surface area contributed by atoms with E-state index in [-0.39, 0.29) is 29.3 Å². The first-order valence-corrected chi connectivity index (χ1v) is 6.36. The summed E-state index contributed by atoms with van der Waals surface area (Å²) in [5.74, 6) is 4.32. The fraction of sp³-hybridized carbons (Fsp3) is 0.462. The average molecular weight is 267 g/mol. The third kappa shape index (κ3) is 3.21. The molecule has 0 heterocycles. The predicted molar refractivity (Wildman–Crippen MR) is 69.9 cm³/mol. The van der Waals surface area contributed by atoms with Crippen molar-refractivity contribution in [2.45, 2.75) is 37.8 Å². The smallest absolute Gasteiger partial charge is 0.253 e. The minimum atomic E-state index is -0.561. The van der Waals surface area contributed by atoms with Crippen molar-refractivity contribution in [1.29, 1.82) is 0 Å². The van der Waals surface area contributed by atoms with Crippen molar-refractivity contribution < 1.29 is 14.3 Å². The molecule has 1 fully saturated rings. The van der Waals surface area contributed by atoms with Gasteiger partial charge in [0.2, 0.25) is 0 Å². The van der Waals surface area contributed by atoms with Gasteiger partial charge in [0.15, 0.2) is 0 Å². The van der Waals surface area contributed by atoms with Crippen LogP contribution < -0.4 is 16.6 Å². The number of anilines is 1. The molecule has 0 spiro atoms. The SMILES string of the molecule is NNc1c(F)cccc1C(=O)NC1CCC(O)CC1. The van der Waals surface area contributed by atoms with E-state index in [4.69, 9.17) is 5.84 Å². The Bertz CT molecular complexity index is 459. The van der Waals surface area contributed by atoms with Gasteiger partial charge in [0.1, 0.15) is 5.82 Å². The molecular formula is C13H18FN3O2. The number of nitrogens with one attached hydrogen (secondary N) is 2. The molecule has 0 radical (unpaired) electrons. The number of nitrogens with two attached hydrogens (primary N) is 1. The lowest BCUT2D eigenvalue weighted by Gasteiger charge is -2.26. The van der Waals surface area contributed by atoms with Crippen molar-refractivity contribution in [2.75, 3.05) is 5.43 Å². The van der Waals surface area contributed by atoms with Gasteiger partial charge in [-0.3, -0.25) is 10.6 Å². The number of halogens is 1. The summed E-state index contributed by atoms with van der Waals surface area (Å²) >= 11 is 0. The van der Waals surface area contributed by atoms with Crippen molar-refractivity contribution in [1.82, 2.24) is 5.32 Å². The second-order valence-electron chi connectivity index (χ2n) is 4.79. The molecule has 0 aromatic heterocycles. The molecule has 1 aromatic carbocycles. The Balaban J connectivity index is 2.06. The van der Waals surface area contributed by atoms with E-state index in [1.807, 2.05) is 0 Å². The molecule has 1 saturated carbocycles. The Morgan fingerprint density at radius 1 is 1.32 bits per heavy atom. The van der Waals surface area contributed by atoms with Crippen molar-refractivity contribution in [3.8, 4) is 0 Å². The van der Waals surface area contributed by atoms with Gasteiger partial charge in [-0.05, 0) is 37.8 Å². The maximum Gasteiger partial charge on any atom is 0.253 e. The number of hydrogen-bond acceptors (Lipinski definition) is 4. The highest BCUT2D eigenvalue weighted by atomic mass is 19.1. The summed E-state index contributed by atoms with van der Waals surface area (Å²) in [6.07, 6.45) is 2.54. The number of benzene rings is 1. The molecule has 0 aliphatic heterocycles. The Kier molecular flexibility index (Phi) is 4.34. The van der Waals surface area contributed by atoms with Crippen LogP contribution in [0.2, 0.25) is 0 Å². The lowest BCUT2D eigenvalue weighted by atomic mass is 9.93. The molecule has 5 N–H and O–H groups in total. The van der Waals surface area contributed by atoms with Crippen LogP contribution in [0.1, 0.15) is 36.0 Å². The first-order valence-electron chi connectivity index (χ1n) is 6.36. The van der Waals surface area contributed by atoms with Crippen LogP contribution >= 0.6 is 0 Å². The molecule has 0 bridgehead atoms. The Morgan fingerprint density at radius 3 is 2.63 bits per heavy atom. The predicted octanol–water partition coefficient (Wildman–Crippen LogP) is 1.14. The van der Waals surface area contributed by atoms with Crippen LogP contribution in [0, 0.1) is 5.82 Å². The van der Waals surface area contributed by atoms with Crippen LogP contribution in [-0.4, -0.2) is 23.2 Å². The van der Waals surface area contributed by atoms with Gasteiger partial charge < -0.3 is 15.8 Å². The molecule has 1 aliphatic carbocycles. The molecule has 0 unspecified atom stereocenters. The number of rotatable bonds is 3. The Hall–Kier alpha value is -1.66. The summed E-state index contributed by atoms with van der Waals surface area (Å²) in [6.45, 7) is 0. The lowest BCUT2D eigenvalue weighted by Crippen LogP contribution is -2.39. The largest absolute Gasteiger partial charge is 0.393 e. The third-order valence-electron chi connectivity index (χ3n) is 3.43. The number of aliphatic hydroxyl groups excluding tert-OH is 1. The quantitative estimate of drug-likeness (QED) is 0.488. The average Bonchev–Trinajstić information content (AvgIpc) is 2.41. The number of para-hydroxylation sites is 1. The van der Waals surface area contributed by atoms with Gasteiger partial charge in [-0.1, -0.05) is 6.07 Å². The fourth-order valence-electron chi connectivity index (χ4n) is 2.34. The zero-order valence-electron chi connectivity index (χ0n) is 10.5. The minimum absolute atomic E-state index is 0.00385. The number of hydrogen-bond donors (Lipinski definition) is 4. The van der Waals surface area contributed by atoms with Crippen molar-refractivity contribution in [3.63, 3.8) is 0 Å². The van der Waals surface area contributed by atoms with Crippen LogP contribution in [0.3, 0.4) is 0 Å². The number of aliphatic hydroxyl groups is 1. The topological polar surface area (TPSA) is 87.4 Å². The van der Waals surface area contributed by atoms with Crippen LogP contribution in [-0.2, 0) is 0 Å². The Morgan fingerprint density at radius 2 is 2.00 bits per heavy atom. The zero-order chi connectivity index (χ0) is 13.8. The van der Waals surface area contributed by atoms with Gasteiger partial charge in [-0.15, -0.1) is 0 Å². The van der Waals surface area contributed by atoms with E-state index in [1.165, 1.54) is 18.2 Å². The van der Waals surface area contributed by atoms with Gasteiger partial charge >= 0.3 is 0 Å². The molecule has 104 valence electrons. The van der Waals surface area contributed by atoms with E-state index in [0.717, 1.165) is 12.8 Å². The molecule has 0 atom stereocenters. The number of nitrogen functional groups attached to an aromatic ring is 1. The summed E-state index contributed by atoms with van der Waals surface area (Å²) in [5, 5.41) is 12.3. The second-order valence-corrected chi connectivity index (χ2v) is 4.79. The normalized spacial score (nSPS) is 22.9. The molecule has 5 nitrogen and oxygen atoms in total. The first-order chi connectivity index (χ1) is 9.11. The van der Waals surface area contributed by atoms with E-state index >= 15 is 0 Å². The Labute approximate surface area is 111 Å². The number of hydrazine groups is 1. The van der Waals surface area contributed by atoms with Gasteiger partial charge in [-0.25, -0.2) is 4.39 Å². The number of carbonyl (C=O) groups is 1. The number of amides is 1. The summed E-state index contributed by atoms with van der Waals surface area (Å²) in [7, 11) is 0. The highest BCUT2D eigenvalue weighted by Gasteiger charge is 2.22. The number of carbonyl (C=O) groups excluding carboxylic acids is 1. The lowest BCUT2D eigenvalue weighted by molar-refractivity contribution is 0.0868. The minimum Gasteiger partial charge on any atom is -0.393 e. The molecule has 1 aliphatic rings. The molecule has 19 heavy (non-hydrogen) atoms. The second kappa shape index (κ2) is 5.99. The third-order valence-corrected chi connectivity index (χ3v) is 3.43. The first kappa shape index (κ1) is 13.8. The molecule has 2 rings (SSSR count). The van der Waals surface area contributed by atoms with Gasteiger partial charge in [0, 0.05) is 6.04 Å². The zero-order valence-corrected chi connectivity index (χ0v) is 10.5. The molecule has 1 aromatic rings. The van der Waals surface area contributed by atoms with E-state index in [9.17, 15) is 14.3 Å². The summed E-state index contributed by atoms with van der Waals surface area (Å²) in [6, 6.07) is 4.24. The molecule has 6 heteroatoms. The molecular weight excluding hydrogens is 249 g/mol. The molecule has 0 saturated heterocycles. The van der Waals surface area contributed by atoms with Gasteiger partial charge in [0.25, 0.3) is 5.91 Å². The van der Waals surface area contributed by atoms with Crippen LogP contribution in [0.4, 0.5) is 10.1 Å². The standard InChI is InChI=1S/C13H18FN3O2/c14-11-3-1-2-10(12(11)17-15)13(19)16-8-4-6-9(18)7-5-8/h1-3,8-9,17-18H,4-7,15H2,(H,16,19). The summed E-state index contributed by atoms with van der Waals surface area (Å²) in [4.78, 5) is 12.1. The van der Waals surface area contributed by atoms with Crippen molar-refractivity contribution in [2.24, 2.45) is 5.84 Å². The maximum absolute atomic E-state index is 13.5. The monoisotopic (exact) mass is 267 g/mol. The van der Waals surface area contributed by atoms with Gasteiger partial charge in [0.05, 0.1) is 17.4 Å². The van der Waals surface area contributed by atoms with Crippen molar-refractivity contribution in [3.05, 3.63) is 29.6 Å². The molecule has 1 amide bonds.